The molecule has 1 unspecified atom stereocenters. The van der Waals surface area contributed by atoms with E-state index >= 15 is 0 Å². The van der Waals surface area contributed by atoms with Gasteiger partial charge in [-0.1, -0.05) is 0 Å². The van der Waals surface area contributed by atoms with Crippen molar-refractivity contribution in [2.24, 2.45) is 5.92 Å². The lowest BCUT2D eigenvalue weighted by Gasteiger charge is -2.35. The van der Waals surface area contributed by atoms with Gasteiger partial charge in [0, 0.05) is 32.2 Å². The van der Waals surface area contributed by atoms with Crippen LogP contribution in [-0.4, -0.2) is 57.0 Å². The molecule has 3 rings (SSSR count). The molecule has 2 heterocycles. The topological polar surface area (TPSA) is 58.6 Å². The largest absolute Gasteiger partial charge is 0.432 e. The number of piperidine rings is 1. The number of amides is 1. The van der Waals surface area contributed by atoms with Crippen LogP contribution >= 0.6 is 12.2 Å². The second-order valence-electron chi connectivity index (χ2n) is 7.21. The van der Waals surface area contributed by atoms with Crippen LogP contribution in [0.25, 0.3) is 11.0 Å². The number of benzene rings is 1. The summed E-state index contributed by atoms with van der Waals surface area (Å²) < 4.78 is 5.94. The van der Waals surface area contributed by atoms with Crippen molar-refractivity contribution < 1.29 is 9.53 Å². The minimum absolute atomic E-state index is 0.0247. The zero-order valence-electron chi connectivity index (χ0n) is 17.1. The monoisotopic (exact) mass is 400 g/mol. The molecule has 1 aromatic heterocycles. The van der Waals surface area contributed by atoms with Gasteiger partial charge in [0.2, 0.25) is 5.91 Å². The van der Waals surface area contributed by atoms with Gasteiger partial charge in [-0.3, -0.25) is 4.79 Å². The van der Waals surface area contributed by atoms with E-state index in [9.17, 15) is 4.79 Å². The minimum Gasteiger partial charge on any atom is -0.432 e. The third-order valence-corrected chi connectivity index (χ3v) is 5.70. The molecule has 1 aliphatic rings. The number of nitrogens with zero attached hydrogens (tertiary/aromatic N) is 4. The number of carbonyl (C=O) groups is 1. The number of hydrogen-bond acceptors (Lipinski definition) is 5. The van der Waals surface area contributed by atoms with E-state index in [1.54, 1.807) is 0 Å². The molecule has 1 atom stereocenters. The molecule has 0 radical (unpaired) electrons. The van der Waals surface area contributed by atoms with E-state index in [0.717, 1.165) is 54.9 Å². The third-order valence-electron chi connectivity index (χ3n) is 5.36. The Balaban J connectivity index is 1.69. The highest BCUT2D eigenvalue weighted by Gasteiger charge is 2.30. The Bertz CT molecular complexity index is 882. The normalized spacial score (nSPS) is 16.9. The van der Waals surface area contributed by atoms with Crippen molar-refractivity contribution in [2.45, 2.75) is 40.5 Å². The van der Waals surface area contributed by atoms with Gasteiger partial charge in [-0.15, -0.1) is 0 Å². The minimum atomic E-state index is -0.0247. The predicted molar refractivity (Wildman–Crippen MR) is 114 cm³/mol. The van der Waals surface area contributed by atoms with Gasteiger partial charge in [-0.2, -0.15) is 0 Å². The Morgan fingerprint density at radius 3 is 2.57 bits per heavy atom. The summed E-state index contributed by atoms with van der Waals surface area (Å²) >= 11 is 5.53. The Kier molecular flexibility index (Phi) is 6.44. The second-order valence-corrected chi connectivity index (χ2v) is 7.56. The first-order valence-corrected chi connectivity index (χ1v) is 10.3. The van der Waals surface area contributed by atoms with Crippen molar-refractivity contribution in [1.29, 1.82) is 0 Å². The molecule has 1 aromatic carbocycles. The molecule has 2 aromatic rings. The molecule has 0 saturated carbocycles. The van der Waals surface area contributed by atoms with E-state index in [1.807, 2.05) is 55.7 Å². The SMILES string of the molecule is CCN(CC)C(=O)C1CCCN(C(=S)Oc2ccc3nc(C)c(C)nc3c2)C1. The summed E-state index contributed by atoms with van der Waals surface area (Å²) in [5.41, 5.74) is 3.45. The number of hydrogen-bond donors (Lipinski definition) is 0. The van der Waals surface area contributed by atoms with Gasteiger partial charge in [0.15, 0.2) is 0 Å². The average Bonchev–Trinajstić information content (AvgIpc) is 2.70. The fourth-order valence-corrected chi connectivity index (χ4v) is 3.84. The first-order valence-electron chi connectivity index (χ1n) is 9.93. The van der Waals surface area contributed by atoms with Gasteiger partial charge in [-0.05, 0) is 64.9 Å². The zero-order chi connectivity index (χ0) is 20.3. The second kappa shape index (κ2) is 8.82. The molecule has 1 amide bonds. The van der Waals surface area contributed by atoms with Crippen LogP contribution in [0.3, 0.4) is 0 Å². The van der Waals surface area contributed by atoms with E-state index in [0.29, 0.717) is 17.5 Å². The van der Waals surface area contributed by atoms with Crippen LogP contribution in [0, 0.1) is 19.8 Å². The van der Waals surface area contributed by atoms with Crippen LogP contribution in [0.4, 0.5) is 0 Å². The maximum atomic E-state index is 12.7. The average molecular weight is 401 g/mol. The molecule has 1 saturated heterocycles. The lowest BCUT2D eigenvalue weighted by Crippen LogP contribution is -2.47. The number of rotatable bonds is 4. The Labute approximate surface area is 171 Å². The van der Waals surface area contributed by atoms with Crippen LogP contribution in [-0.2, 0) is 4.79 Å². The maximum Gasteiger partial charge on any atom is 0.264 e. The molecule has 7 heteroatoms. The van der Waals surface area contributed by atoms with Crippen molar-refractivity contribution in [3.05, 3.63) is 29.6 Å². The summed E-state index contributed by atoms with van der Waals surface area (Å²) in [5.74, 6) is 0.833. The summed E-state index contributed by atoms with van der Waals surface area (Å²) in [7, 11) is 0. The third kappa shape index (κ3) is 4.41. The van der Waals surface area contributed by atoms with Crippen LogP contribution in [0.15, 0.2) is 18.2 Å². The van der Waals surface area contributed by atoms with Gasteiger partial charge in [-0.25, -0.2) is 9.97 Å². The van der Waals surface area contributed by atoms with Gasteiger partial charge >= 0.3 is 0 Å². The van der Waals surface area contributed by atoms with E-state index in [2.05, 4.69) is 9.97 Å². The summed E-state index contributed by atoms with van der Waals surface area (Å²) in [6.45, 7) is 10.8. The highest BCUT2D eigenvalue weighted by molar-refractivity contribution is 7.80. The molecule has 1 fully saturated rings. The smallest absolute Gasteiger partial charge is 0.264 e. The van der Waals surface area contributed by atoms with E-state index in [4.69, 9.17) is 17.0 Å². The molecule has 0 spiro atoms. The quantitative estimate of drug-likeness (QED) is 0.732. The van der Waals surface area contributed by atoms with Crippen molar-refractivity contribution in [1.82, 2.24) is 19.8 Å². The maximum absolute atomic E-state index is 12.7. The van der Waals surface area contributed by atoms with Crippen molar-refractivity contribution in [3.63, 3.8) is 0 Å². The first kappa shape index (κ1) is 20.5. The molecule has 0 aliphatic carbocycles. The molecule has 150 valence electrons. The molecule has 0 N–H and O–H groups in total. The lowest BCUT2D eigenvalue weighted by atomic mass is 9.97. The Morgan fingerprint density at radius 1 is 1.21 bits per heavy atom. The Morgan fingerprint density at radius 2 is 1.89 bits per heavy atom. The van der Waals surface area contributed by atoms with E-state index in [1.165, 1.54) is 0 Å². The molecular weight excluding hydrogens is 372 g/mol. The Hall–Kier alpha value is -2.28. The van der Waals surface area contributed by atoms with Crippen LogP contribution in [0.1, 0.15) is 38.1 Å². The van der Waals surface area contributed by atoms with Gasteiger partial charge < -0.3 is 14.5 Å². The highest BCUT2D eigenvalue weighted by Crippen LogP contribution is 2.23. The van der Waals surface area contributed by atoms with Crippen LogP contribution in [0.5, 0.6) is 5.75 Å². The molecule has 1 aliphatic heterocycles. The fraction of sp³-hybridized carbons (Fsp3) is 0.524. The number of fused-ring (bicyclic) bond motifs is 1. The summed E-state index contributed by atoms with van der Waals surface area (Å²) in [6.07, 6.45) is 1.83. The molecular formula is C21H28N4O2S. The molecule has 28 heavy (non-hydrogen) atoms. The van der Waals surface area contributed by atoms with Crippen molar-refractivity contribution in [3.8, 4) is 5.75 Å². The number of likely N-dealkylation sites (tertiary alicyclic amines) is 1. The number of thiocarbonyl (C=S) groups is 1. The van der Waals surface area contributed by atoms with Gasteiger partial charge in [0.1, 0.15) is 5.75 Å². The first-order chi connectivity index (χ1) is 13.4. The zero-order valence-corrected chi connectivity index (χ0v) is 17.9. The summed E-state index contributed by atoms with van der Waals surface area (Å²) in [5, 5.41) is 0.410. The summed E-state index contributed by atoms with van der Waals surface area (Å²) in [4.78, 5) is 25.7. The number of ether oxygens (including phenoxy) is 1. The standard InChI is InChI=1S/C21H28N4O2S/c1-5-24(6-2)20(26)16-8-7-11-25(13-16)21(28)27-17-9-10-18-19(12-17)23-15(4)14(3)22-18/h9-10,12,16H,5-8,11,13H2,1-4H3. The number of aryl methyl sites for hydroxylation is 2. The van der Waals surface area contributed by atoms with Gasteiger partial charge in [0.05, 0.1) is 28.3 Å². The highest BCUT2D eigenvalue weighted by atomic mass is 32.1. The van der Waals surface area contributed by atoms with Crippen LogP contribution in [0.2, 0.25) is 0 Å². The van der Waals surface area contributed by atoms with Crippen LogP contribution < -0.4 is 4.74 Å². The number of carbonyl (C=O) groups excluding carboxylic acids is 1. The fourth-order valence-electron chi connectivity index (χ4n) is 3.58. The molecule has 6 nitrogen and oxygen atoms in total. The number of aromatic nitrogens is 2. The van der Waals surface area contributed by atoms with E-state index in [-0.39, 0.29) is 11.8 Å². The molecule has 0 bridgehead atoms. The van der Waals surface area contributed by atoms with Crippen molar-refractivity contribution >= 4 is 34.3 Å². The predicted octanol–water partition coefficient (Wildman–Crippen LogP) is 3.49. The lowest BCUT2D eigenvalue weighted by molar-refractivity contribution is -0.136. The van der Waals surface area contributed by atoms with Gasteiger partial charge in [0.25, 0.3) is 5.17 Å². The van der Waals surface area contributed by atoms with Crippen molar-refractivity contribution in [2.75, 3.05) is 26.2 Å². The van der Waals surface area contributed by atoms with E-state index < -0.39 is 0 Å². The summed E-state index contributed by atoms with van der Waals surface area (Å²) in [6, 6.07) is 5.62.